The quantitative estimate of drug-likeness (QED) is 0.353. The Morgan fingerprint density at radius 1 is 1.12 bits per heavy atom. The first-order valence-corrected chi connectivity index (χ1v) is 8.41. The van der Waals surface area contributed by atoms with Gasteiger partial charge in [-0.2, -0.15) is 12.6 Å². The normalized spacial score (nSPS) is 14.1. The van der Waals surface area contributed by atoms with Crippen LogP contribution in [0.1, 0.15) is 33.6 Å². The minimum absolute atomic E-state index is 0.432. The Hall–Kier alpha value is 0.447. The topological polar surface area (TPSA) is 27.7 Å². The van der Waals surface area contributed by atoms with Gasteiger partial charge in [-0.15, -0.1) is 0 Å². The van der Waals surface area contributed by atoms with Crippen molar-refractivity contribution < 1.29 is 13.9 Å². The summed E-state index contributed by atoms with van der Waals surface area (Å²) in [5.41, 5.74) is 0. The molecule has 1 unspecified atom stereocenters. The van der Waals surface area contributed by atoms with E-state index in [4.69, 9.17) is 13.9 Å². The molecule has 0 amide bonds. The molecule has 0 aliphatic heterocycles. The molecular formula is C11H26O3SSi. The third-order valence-corrected chi connectivity index (χ3v) is 4.44. The maximum absolute atomic E-state index is 5.68. The minimum Gasteiger partial charge on any atom is -0.379 e. The smallest absolute Gasteiger partial charge is 0.261 e. The summed E-state index contributed by atoms with van der Waals surface area (Å²) in [7, 11) is -0.549. The highest BCUT2D eigenvalue weighted by molar-refractivity contribution is 7.80. The van der Waals surface area contributed by atoms with Gasteiger partial charge in [0.25, 0.3) is 6.48 Å². The molecule has 5 heteroatoms. The second-order valence-corrected chi connectivity index (χ2v) is 5.66. The SMILES string of the molecule is CCCOC(OCCC)O[SiH2]CC(C)CS. The van der Waals surface area contributed by atoms with E-state index in [1.54, 1.807) is 0 Å². The van der Waals surface area contributed by atoms with Crippen molar-refractivity contribution >= 4 is 22.4 Å². The molecule has 0 rings (SSSR count). The summed E-state index contributed by atoms with van der Waals surface area (Å²) < 4.78 is 16.6. The Bertz CT molecular complexity index is 141. The zero-order valence-corrected chi connectivity index (χ0v) is 13.1. The number of thiol groups is 1. The molecule has 0 bridgehead atoms. The Labute approximate surface area is 108 Å². The second kappa shape index (κ2) is 11.9. The molecule has 1 atom stereocenters. The summed E-state index contributed by atoms with van der Waals surface area (Å²) >= 11 is 4.26. The van der Waals surface area contributed by atoms with Crippen molar-refractivity contribution in [2.24, 2.45) is 5.92 Å². The molecule has 0 saturated carbocycles. The predicted molar refractivity (Wildman–Crippen MR) is 73.7 cm³/mol. The lowest BCUT2D eigenvalue weighted by molar-refractivity contribution is -0.247. The van der Waals surface area contributed by atoms with Crippen molar-refractivity contribution in [2.45, 2.75) is 46.1 Å². The number of rotatable bonds is 11. The van der Waals surface area contributed by atoms with Gasteiger partial charge in [-0.25, -0.2) is 0 Å². The molecule has 98 valence electrons. The zero-order valence-electron chi connectivity index (χ0n) is 10.8. The fraction of sp³-hybridized carbons (Fsp3) is 1.00. The lowest BCUT2D eigenvalue weighted by Gasteiger charge is -2.19. The van der Waals surface area contributed by atoms with Gasteiger partial charge in [0.1, 0.15) is 0 Å². The van der Waals surface area contributed by atoms with E-state index in [2.05, 4.69) is 33.4 Å². The lowest BCUT2D eigenvalue weighted by Crippen LogP contribution is -2.24. The highest BCUT2D eigenvalue weighted by Crippen LogP contribution is 2.06. The first kappa shape index (κ1) is 16.4. The first-order valence-electron chi connectivity index (χ1n) is 6.20. The van der Waals surface area contributed by atoms with Crippen molar-refractivity contribution in [3.63, 3.8) is 0 Å². The van der Waals surface area contributed by atoms with Gasteiger partial charge in [-0.05, 0) is 30.6 Å². The van der Waals surface area contributed by atoms with Gasteiger partial charge in [0.2, 0.25) is 0 Å². The monoisotopic (exact) mass is 266 g/mol. The molecule has 0 N–H and O–H groups in total. The van der Waals surface area contributed by atoms with Gasteiger partial charge < -0.3 is 13.9 Å². The Kier molecular flexibility index (Phi) is 12.3. The average Bonchev–Trinajstić information content (AvgIpc) is 2.31. The van der Waals surface area contributed by atoms with Crippen molar-refractivity contribution in [1.82, 2.24) is 0 Å². The zero-order chi connectivity index (χ0) is 12.2. The van der Waals surface area contributed by atoms with Gasteiger partial charge in [0, 0.05) is 0 Å². The van der Waals surface area contributed by atoms with Crippen molar-refractivity contribution in [1.29, 1.82) is 0 Å². The van der Waals surface area contributed by atoms with Gasteiger partial charge in [-0.1, -0.05) is 20.8 Å². The van der Waals surface area contributed by atoms with Gasteiger partial charge >= 0.3 is 0 Å². The summed E-state index contributed by atoms with van der Waals surface area (Å²) in [4.78, 5) is 0. The molecule has 16 heavy (non-hydrogen) atoms. The largest absolute Gasteiger partial charge is 0.379 e. The molecular weight excluding hydrogens is 240 g/mol. The third-order valence-electron chi connectivity index (χ3n) is 2.09. The Morgan fingerprint density at radius 2 is 1.69 bits per heavy atom. The molecule has 0 saturated heterocycles. The van der Waals surface area contributed by atoms with Gasteiger partial charge in [0.15, 0.2) is 9.76 Å². The molecule has 0 aromatic heterocycles. The Balaban J connectivity index is 3.63. The van der Waals surface area contributed by atoms with Crippen LogP contribution in [0.15, 0.2) is 0 Å². The maximum atomic E-state index is 5.68. The van der Waals surface area contributed by atoms with Crippen LogP contribution in [0.3, 0.4) is 0 Å². The van der Waals surface area contributed by atoms with Crippen LogP contribution in [0, 0.1) is 5.92 Å². The van der Waals surface area contributed by atoms with Gasteiger partial charge in [0.05, 0.1) is 13.2 Å². The van der Waals surface area contributed by atoms with Crippen LogP contribution in [0.4, 0.5) is 0 Å². The van der Waals surface area contributed by atoms with Gasteiger partial charge in [-0.3, -0.25) is 0 Å². The molecule has 0 aliphatic rings. The third kappa shape index (κ3) is 9.66. The summed E-state index contributed by atoms with van der Waals surface area (Å²) in [5, 5.41) is 0. The summed E-state index contributed by atoms with van der Waals surface area (Å²) in [6.45, 7) is 7.32. The van der Waals surface area contributed by atoms with Crippen molar-refractivity contribution in [2.75, 3.05) is 19.0 Å². The lowest BCUT2D eigenvalue weighted by atomic mass is 10.3. The summed E-state index contributed by atoms with van der Waals surface area (Å²) in [5.74, 6) is 1.56. The van der Waals surface area contributed by atoms with E-state index < -0.39 is 16.2 Å². The number of hydrogen-bond donors (Lipinski definition) is 1. The van der Waals surface area contributed by atoms with E-state index in [1.165, 1.54) is 0 Å². The molecule has 0 aromatic rings. The van der Waals surface area contributed by atoms with E-state index >= 15 is 0 Å². The van der Waals surface area contributed by atoms with E-state index in [-0.39, 0.29) is 0 Å². The molecule has 0 spiro atoms. The van der Waals surface area contributed by atoms with E-state index in [1.807, 2.05) is 0 Å². The summed E-state index contributed by atoms with van der Waals surface area (Å²) in [6, 6.07) is 1.13. The standard InChI is InChI=1S/C11H26O3SSi/c1-4-6-12-11(13-7-5-2)14-16-9-10(3)8-15/h10-11,15H,4-9,16H2,1-3H3. The molecule has 0 radical (unpaired) electrons. The van der Waals surface area contributed by atoms with E-state index in [9.17, 15) is 0 Å². The molecule has 0 fully saturated rings. The average molecular weight is 266 g/mol. The van der Waals surface area contributed by atoms with Crippen LogP contribution in [-0.4, -0.2) is 35.2 Å². The molecule has 3 nitrogen and oxygen atoms in total. The first-order chi connectivity index (χ1) is 7.74. The molecule has 0 heterocycles. The van der Waals surface area contributed by atoms with Crippen LogP contribution >= 0.6 is 12.6 Å². The molecule has 0 aromatic carbocycles. The van der Waals surface area contributed by atoms with E-state index in [0.717, 1.165) is 24.6 Å². The number of hydrogen-bond acceptors (Lipinski definition) is 4. The number of ether oxygens (including phenoxy) is 2. The van der Waals surface area contributed by atoms with Crippen molar-refractivity contribution in [3.8, 4) is 0 Å². The highest BCUT2D eigenvalue weighted by atomic mass is 32.1. The minimum atomic E-state index is -0.549. The van der Waals surface area contributed by atoms with Crippen LogP contribution in [0.5, 0.6) is 0 Å². The van der Waals surface area contributed by atoms with Crippen LogP contribution < -0.4 is 0 Å². The van der Waals surface area contributed by atoms with Crippen molar-refractivity contribution in [3.05, 3.63) is 0 Å². The maximum Gasteiger partial charge on any atom is 0.261 e. The summed E-state index contributed by atoms with van der Waals surface area (Å²) in [6.07, 6.45) is 1.98. The van der Waals surface area contributed by atoms with Crippen LogP contribution in [-0.2, 0) is 13.9 Å². The van der Waals surface area contributed by atoms with Crippen LogP contribution in [0.25, 0.3) is 0 Å². The predicted octanol–water partition coefficient (Wildman–Crippen LogP) is 2.21. The highest BCUT2D eigenvalue weighted by Gasteiger charge is 2.09. The van der Waals surface area contributed by atoms with E-state index in [0.29, 0.717) is 19.1 Å². The fourth-order valence-electron chi connectivity index (χ4n) is 1.03. The van der Waals surface area contributed by atoms with Crippen LogP contribution in [0.2, 0.25) is 6.04 Å². The molecule has 0 aliphatic carbocycles. The second-order valence-electron chi connectivity index (χ2n) is 3.98. The Morgan fingerprint density at radius 3 is 2.12 bits per heavy atom. The fourth-order valence-corrected chi connectivity index (χ4v) is 2.68.